The van der Waals surface area contributed by atoms with Crippen LogP contribution in [0.3, 0.4) is 0 Å². The molecule has 1 aliphatic heterocycles. The number of primary amides is 1. The minimum atomic E-state index is -0.352. The van der Waals surface area contributed by atoms with E-state index in [4.69, 9.17) is 10.3 Å². The summed E-state index contributed by atoms with van der Waals surface area (Å²) in [4.78, 5) is 27.1. The van der Waals surface area contributed by atoms with Crippen LogP contribution in [0.4, 0.5) is 0 Å². The zero-order valence-electron chi connectivity index (χ0n) is 14.5. The topological polar surface area (TPSA) is 105 Å². The SMILES string of the molecule is CN(C)Cc1cc(C(=O)N2CCCC(CCNCC(N)=O)C2)no1. The largest absolute Gasteiger partial charge is 0.369 e. The Morgan fingerprint density at radius 2 is 2.29 bits per heavy atom. The molecule has 0 aliphatic carbocycles. The predicted octanol–water partition coefficient (Wildman–Crippen LogP) is 0.0534. The van der Waals surface area contributed by atoms with Gasteiger partial charge in [-0.05, 0) is 45.8 Å². The van der Waals surface area contributed by atoms with Crippen molar-refractivity contribution in [3.05, 3.63) is 17.5 Å². The van der Waals surface area contributed by atoms with Crippen LogP contribution in [0.15, 0.2) is 10.6 Å². The van der Waals surface area contributed by atoms with Crippen LogP contribution in [0.2, 0.25) is 0 Å². The zero-order valence-corrected chi connectivity index (χ0v) is 14.5. The molecule has 1 aromatic rings. The number of amides is 2. The van der Waals surface area contributed by atoms with Gasteiger partial charge in [-0.2, -0.15) is 0 Å². The summed E-state index contributed by atoms with van der Waals surface area (Å²) in [5.41, 5.74) is 5.47. The average molecular weight is 337 g/mol. The van der Waals surface area contributed by atoms with Crippen molar-refractivity contribution < 1.29 is 14.1 Å². The third kappa shape index (κ3) is 5.61. The number of carbonyl (C=O) groups is 2. The molecule has 1 unspecified atom stereocenters. The lowest BCUT2D eigenvalue weighted by atomic mass is 9.94. The molecule has 8 heteroatoms. The van der Waals surface area contributed by atoms with Gasteiger partial charge in [-0.25, -0.2) is 0 Å². The van der Waals surface area contributed by atoms with Crippen LogP contribution in [0.5, 0.6) is 0 Å². The highest BCUT2D eigenvalue weighted by molar-refractivity contribution is 5.92. The molecule has 2 heterocycles. The van der Waals surface area contributed by atoms with Gasteiger partial charge in [0.25, 0.3) is 5.91 Å². The van der Waals surface area contributed by atoms with E-state index in [-0.39, 0.29) is 18.4 Å². The summed E-state index contributed by atoms with van der Waals surface area (Å²) in [6.45, 7) is 3.01. The van der Waals surface area contributed by atoms with Crippen molar-refractivity contribution in [1.82, 2.24) is 20.3 Å². The lowest BCUT2D eigenvalue weighted by Crippen LogP contribution is -2.41. The normalized spacial score (nSPS) is 18.1. The fourth-order valence-corrected chi connectivity index (χ4v) is 2.96. The van der Waals surface area contributed by atoms with Gasteiger partial charge in [0.15, 0.2) is 11.5 Å². The number of likely N-dealkylation sites (tertiary alicyclic amines) is 1. The maximum Gasteiger partial charge on any atom is 0.276 e. The molecule has 3 N–H and O–H groups in total. The molecule has 1 aromatic heterocycles. The van der Waals surface area contributed by atoms with E-state index in [0.29, 0.717) is 30.5 Å². The van der Waals surface area contributed by atoms with Gasteiger partial charge in [-0.15, -0.1) is 0 Å². The number of hydrogen-bond donors (Lipinski definition) is 2. The lowest BCUT2D eigenvalue weighted by molar-refractivity contribution is -0.117. The van der Waals surface area contributed by atoms with E-state index >= 15 is 0 Å². The summed E-state index contributed by atoms with van der Waals surface area (Å²) in [7, 11) is 3.87. The minimum absolute atomic E-state index is 0.0708. The first-order chi connectivity index (χ1) is 11.5. The molecule has 2 rings (SSSR count). The Kier molecular flexibility index (Phi) is 6.74. The molecular formula is C16H27N5O3. The minimum Gasteiger partial charge on any atom is -0.369 e. The van der Waals surface area contributed by atoms with Crippen LogP contribution >= 0.6 is 0 Å². The number of nitrogens with two attached hydrogens (primary N) is 1. The third-order valence-corrected chi connectivity index (χ3v) is 4.08. The number of aromatic nitrogens is 1. The molecule has 2 amide bonds. The van der Waals surface area contributed by atoms with Crippen molar-refractivity contribution in [2.75, 3.05) is 40.3 Å². The van der Waals surface area contributed by atoms with E-state index in [2.05, 4.69) is 10.5 Å². The summed E-state index contributed by atoms with van der Waals surface area (Å²) in [5.74, 6) is 0.692. The van der Waals surface area contributed by atoms with Gasteiger partial charge in [0.2, 0.25) is 5.91 Å². The van der Waals surface area contributed by atoms with Crippen LogP contribution in [-0.4, -0.2) is 67.0 Å². The first-order valence-electron chi connectivity index (χ1n) is 8.34. The second-order valence-electron chi connectivity index (χ2n) is 6.61. The zero-order chi connectivity index (χ0) is 17.5. The van der Waals surface area contributed by atoms with Gasteiger partial charge in [0.1, 0.15) is 0 Å². The van der Waals surface area contributed by atoms with Crippen molar-refractivity contribution in [3.8, 4) is 0 Å². The van der Waals surface area contributed by atoms with Crippen molar-refractivity contribution in [2.24, 2.45) is 11.7 Å². The second-order valence-corrected chi connectivity index (χ2v) is 6.61. The number of carbonyl (C=O) groups excluding carboxylic acids is 2. The molecule has 0 aromatic carbocycles. The molecule has 8 nitrogen and oxygen atoms in total. The Balaban J connectivity index is 1.83. The molecular weight excluding hydrogens is 310 g/mol. The molecule has 24 heavy (non-hydrogen) atoms. The van der Waals surface area contributed by atoms with Gasteiger partial charge >= 0.3 is 0 Å². The summed E-state index contributed by atoms with van der Waals surface area (Å²) < 4.78 is 5.22. The van der Waals surface area contributed by atoms with Gasteiger partial charge in [-0.1, -0.05) is 5.16 Å². The number of hydrogen-bond acceptors (Lipinski definition) is 6. The van der Waals surface area contributed by atoms with Crippen LogP contribution in [0.25, 0.3) is 0 Å². The molecule has 1 aliphatic rings. The maximum atomic E-state index is 12.6. The lowest BCUT2D eigenvalue weighted by Gasteiger charge is -2.32. The van der Waals surface area contributed by atoms with Crippen LogP contribution in [0, 0.1) is 5.92 Å². The molecule has 0 bridgehead atoms. The predicted molar refractivity (Wildman–Crippen MR) is 89.2 cm³/mol. The smallest absolute Gasteiger partial charge is 0.276 e. The van der Waals surface area contributed by atoms with E-state index in [1.165, 1.54) is 0 Å². The average Bonchev–Trinajstić information content (AvgIpc) is 2.98. The fraction of sp³-hybridized carbons (Fsp3) is 0.688. The number of nitrogens with one attached hydrogen (secondary N) is 1. The van der Waals surface area contributed by atoms with Crippen molar-refractivity contribution in [1.29, 1.82) is 0 Å². The monoisotopic (exact) mass is 337 g/mol. The molecule has 1 fully saturated rings. The Labute approximate surface area is 142 Å². The highest BCUT2D eigenvalue weighted by Gasteiger charge is 2.26. The van der Waals surface area contributed by atoms with Gasteiger partial charge < -0.3 is 25.4 Å². The summed E-state index contributed by atoms with van der Waals surface area (Å²) >= 11 is 0. The van der Waals surface area contributed by atoms with E-state index in [9.17, 15) is 9.59 Å². The Morgan fingerprint density at radius 3 is 3.00 bits per heavy atom. The standard InChI is InChI=1S/C16H27N5O3/c1-20(2)11-13-8-14(19-24-13)16(23)21-7-3-4-12(10-21)5-6-18-9-15(17)22/h8,12,18H,3-7,9-11H2,1-2H3,(H2,17,22). The van der Waals surface area contributed by atoms with Gasteiger partial charge in [0, 0.05) is 19.2 Å². The van der Waals surface area contributed by atoms with E-state index in [1.807, 2.05) is 23.9 Å². The molecule has 0 radical (unpaired) electrons. The summed E-state index contributed by atoms with van der Waals surface area (Å²) in [6.07, 6.45) is 2.99. The van der Waals surface area contributed by atoms with E-state index in [1.54, 1.807) is 6.07 Å². The number of nitrogens with zero attached hydrogens (tertiary/aromatic N) is 3. The van der Waals surface area contributed by atoms with E-state index < -0.39 is 0 Å². The molecule has 134 valence electrons. The van der Waals surface area contributed by atoms with Crippen LogP contribution < -0.4 is 11.1 Å². The number of rotatable bonds is 8. The van der Waals surface area contributed by atoms with Crippen molar-refractivity contribution in [3.63, 3.8) is 0 Å². The third-order valence-electron chi connectivity index (χ3n) is 4.08. The quantitative estimate of drug-likeness (QED) is 0.650. The Bertz CT molecular complexity index is 558. The summed E-state index contributed by atoms with van der Waals surface area (Å²) in [6, 6.07) is 1.72. The summed E-state index contributed by atoms with van der Waals surface area (Å²) in [5, 5.41) is 6.93. The molecule has 0 saturated carbocycles. The fourth-order valence-electron chi connectivity index (χ4n) is 2.96. The van der Waals surface area contributed by atoms with Crippen LogP contribution in [-0.2, 0) is 11.3 Å². The first-order valence-corrected chi connectivity index (χ1v) is 8.34. The maximum absolute atomic E-state index is 12.6. The molecule has 0 spiro atoms. The van der Waals surface area contributed by atoms with Crippen molar-refractivity contribution in [2.45, 2.75) is 25.8 Å². The first kappa shape index (κ1) is 18.4. The Hall–Kier alpha value is -1.93. The highest BCUT2D eigenvalue weighted by atomic mass is 16.5. The van der Waals surface area contributed by atoms with Crippen LogP contribution in [0.1, 0.15) is 35.5 Å². The molecule has 1 atom stereocenters. The second kappa shape index (κ2) is 8.79. The highest BCUT2D eigenvalue weighted by Crippen LogP contribution is 2.21. The van der Waals surface area contributed by atoms with E-state index in [0.717, 1.165) is 32.4 Å². The number of piperidine rings is 1. The Morgan fingerprint density at radius 1 is 1.50 bits per heavy atom. The van der Waals surface area contributed by atoms with Gasteiger partial charge in [-0.3, -0.25) is 9.59 Å². The molecule has 1 saturated heterocycles. The van der Waals surface area contributed by atoms with Crippen molar-refractivity contribution >= 4 is 11.8 Å². The van der Waals surface area contributed by atoms with Gasteiger partial charge in [0.05, 0.1) is 13.1 Å².